The zero-order valence-electron chi connectivity index (χ0n) is 9.07. The van der Waals surface area contributed by atoms with Crippen molar-refractivity contribution in [2.75, 3.05) is 39.4 Å². The summed E-state index contributed by atoms with van der Waals surface area (Å²) in [6.07, 6.45) is 3.47. The molecule has 2 fully saturated rings. The van der Waals surface area contributed by atoms with E-state index in [4.69, 9.17) is 4.74 Å². The first-order chi connectivity index (χ1) is 7.38. The van der Waals surface area contributed by atoms with Gasteiger partial charge in [-0.05, 0) is 12.8 Å². The zero-order valence-corrected chi connectivity index (χ0v) is 9.07. The van der Waals surface area contributed by atoms with Gasteiger partial charge in [0.15, 0.2) is 0 Å². The summed E-state index contributed by atoms with van der Waals surface area (Å²) in [6.45, 7) is 4.51. The molecule has 2 saturated heterocycles. The lowest BCUT2D eigenvalue weighted by Crippen LogP contribution is -2.52. The Balaban J connectivity index is 1.87. The molecule has 15 heavy (non-hydrogen) atoms. The van der Waals surface area contributed by atoms with Crippen molar-refractivity contribution >= 4 is 6.03 Å². The largest absolute Gasteiger partial charge is 0.378 e. The molecule has 0 aliphatic carbocycles. The Morgan fingerprint density at radius 1 is 1.07 bits per heavy atom. The Labute approximate surface area is 90.3 Å². The number of carbonyl (C=O) groups excluding carboxylic acids is 1. The number of hydrazine groups is 1. The van der Waals surface area contributed by atoms with Crippen molar-refractivity contribution in [1.29, 1.82) is 0 Å². The van der Waals surface area contributed by atoms with Gasteiger partial charge in [0, 0.05) is 26.2 Å². The molecule has 1 N–H and O–H groups in total. The molecule has 0 atom stereocenters. The minimum atomic E-state index is 0.111. The molecular formula is C10H19N3O2. The Morgan fingerprint density at radius 2 is 1.87 bits per heavy atom. The summed E-state index contributed by atoms with van der Waals surface area (Å²) in [5, 5.41) is 1.76. The quantitative estimate of drug-likeness (QED) is 0.634. The van der Waals surface area contributed by atoms with Gasteiger partial charge in [-0.25, -0.2) is 10.2 Å². The number of rotatable bonds is 0. The molecule has 0 bridgehead atoms. The van der Waals surface area contributed by atoms with Crippen LogP contribution in [0.4, 0.5) is 4.79 Å². The zero-order chi connectivity index (χ0) is 10.5. The number of hydrogen-bond donors (Lipinski definition) is 1. The van der Waals surface area contributed by atoms with E-state index in [9.17, 15) is 4.79 Å². The first-order valence-corrected chi connectivity index (χ1v) is 5.75. The van der Waals surface area contributed by atoms with E-state index in [1.165, 1.54) is 6.42 Å². The minimum absolute atomic E-state index is 0.111. The van der Waals surface area contributed by atoms with Crippen LogP contribution >= 0.6 is 0 Å². The van der Waals surface area contributed by atoms with Gasteiger partial charge in [-0.15, -0.1) is 0 Å². The smallest absolute Gasteiger partial charge is 0.334 e. The van der Waals surface area contributed by atoms with Crippen molar-refractivity contribution < 1.29 is 9.53 Å². The molecule has 5 nitrogen and oxygen atoms in total. The number of hydrogen-bond acceptors (Lipinski definition) is 3. The van der Waals surface area contributed by atoms with E-state index in [0.717, 1.165) is 39.0 Å². The van der Waals surface area contributed by atoms with E-state index < -0.39 is 0 Å². The van der Waals surface area contributed by atoms with Crippen LogP contribution in [0.5, 0.6) is 0 Å². The van der Waals surface area contributed by atoms with E-state index in [0.29, 0.717) is 13.2 Å². The van der Waals surface area contributed by atoms with Crippen LogP contribution in [0.25, 0.3) is 0 Å². The second-order valence-electron chi connectivity index (χ2n) is 4.00. The second kappa shape index (κ2) is 5.32. The van der Waals surface area contributed by atoms with E-state index in [1.807, 2.05) is 4.90 Å². The van der Waals surface area contributed by atoms with Gasteiger partial charge < -0.3 is 9.64 Å². The summed E-state index contributed by atoms with van der Waals surface area (Å²) in [5.41, 5.74) is 3.18. The van der Waals surface area contributed by atoms with Gasteiger partial charge in [-0.3, -0.25) is 5.01 Å². The number of nitrogens with zero attached hydrogens (tertiary/aromatic N) is 2. The van der Waals surface area contributed by atoms with E-state index in [2.05, 4.69) is 5.43 Å². The molecule has 0 aromatic carbocycles. The number of ether oxygens (including phenoxy) is 1. The monoisotopic (exact) mass is 213 g/mol. The summed E-state index contributed by atoms with van der Waals surface area (Å²) >= 11 is 0. The van der Waals surface area contributed by atoms with Crippen LogP contribution in [0.15, 0.2) is 0 Å². The van der Waals surface area contributed by atoms with Crippen LogP contribution < -0.4 is 5.43 Å². The molecule has 0 aromatic rings. The molecule has 0 aromatic heterocycles. The number of amides is 2. The summed E-state index contributed by atoms with van der Waals surface area (Å²) in [6, 6.07) is 0.111. The van der Waals surface area contributed by atoms with E-state index in [1.54, 1.807) is 5.01 Å². The third-order valence-electron chi connectivity index (χ3n) is 2.87. The van der Waals surface area contributed by atoms with Crippen molar-refractivity contribution in [3.05, 3.63) is 0 Å². The fourth-order valence-electron chi connectivity index (χ4n) is 1.95. The maximum Gasteiger partial charge on any atom is 0.334 e. The fourth-order valence-corrected chi connectivity index (χ4v) is 1.95. The molecule has 2 heterocycles. The van der Waals surface area contributed by atoms with Gasteiger partial charge >= 0.3 is 6.03 Å². The Hall–Kier alpha value is -0.810. The van der Waals surface area contributed by atoms with Crippen molar-refractivity contribution in [2.45, 2.75) is 19.3 Å². The molecule has 2 rings (SSSR count). The lowest BCUT2D eigenvalue weighted by atomic mass is 10.2. The molecule has 0 unspecified atom stereocenters. The second-order valence-corrected chi connectivity index (χ2v) is 4.00. The van der Waals surface area contributed by atoms with Gasteiger partial charge in [0.05, 0.1) is 13.2 Å². The minimum Gasteiger partial charge on any atom is -0.378 e. The van der Waals surface area contributed by atoms with E-state index in [-0.39, 0.29) is 6.03 Å². The van der Waals surface area contributed by atoms with Gasteiger partial charge in [0.2, 0.25) is 0 Å². The molecule has 86 valence electrons. The molecule has 0 radical (unpaired) electrons. The molecule has 5 heteroatoms. The van der Waals surface area contributed by atoms with Crippen molar-refractivity contribution in [1.82, 2.24) is 15.3 Å². The predicted molar refractivity (Wildman–Crippen MR) is 56.3 cm³/mol. The van der Waals surface area contributed by atoms with Crippen LogP contribution in [0.1, 0.15) is 19.3 Å². The SMILES string of the molecule is O=C(N1CCOCC1)N1CCCCCN1. The molecule has 2 aliphatic rings. The molecule has 0 spiro atoms. The normalized spacial score (nSPS) is 23.7. The van der Waals surface area contributed by atoms with Gasteiger partial charge in [-0.2, -0.15) is 0 Å². The number of morpholine rings is 1. The van der Waals surface area contributed by atoms with Crippen molar-refractivity contribution in [3.8, 4) is 0 Å². The molecule has 2 aliphatic heterocycles. The summed E-state index contributed by atoms with van der Waals surface area (Å²) < 4.78 is 5.23. The number of nitrogens with one attached hydrogen (secondary N) is 1. The van der Waals surface area contributed by atoms with Crippen LogP contribution in [0, 0.1) is 0 Å². The predicted octanol–water partition coefficient (Wildman–Crippen LogP) is 0.429. The third-order valence-corrected chi connectivity index (χ3v) is 2.87. The standard InChI is InChI=1S/C10H19N3O2/c14-10(12-6-8-15-9-7-12)13-5-3-1-2-4-11-13/h11H,1-9H2. The number of urea groups is 1. The topological polar surface area (TPSA) is 44.8 Å². The summed E-state index contributed by atoms with van der Waals surface area (Å²) in [4.78, 5) is 13.9. The van der Waals surface area contributed by atoms with Gasteiger partial charge in [-0.1, -0.05) is 6.42 Å². The summed E-state index contributed by atoms with van der Waals surface area (Å²) in [7, 11) is 0. The van der Waals surface area contributed by atoms with Gasteiger partial charge in [0.1, 0.15) is 0 Å². The van der Waals surface area contributed by atoms with Crippen molar-refractivity contribution in [2.24, 2.45) is 0 Å². The van der Waals surface area contributed by atoms with Crippen LogP contribution in [0.3, 0.4) is 0 Å². The van der Waals surface area contributed by atoms with Crippen LogP contribution in [0.2, 0.25) is 0 Å². The lowest BCUT2D eigenvalue weighted by molar-refractivity contribution is 0.0388. The van der Waals surface area contributed by atoms with E-state index >= 15 is 0 Å². The first kappa shape index (κ1) is 10.7. The molecule has 2 amide bonds. The Bertz CT molecular complexity index is 209. The fraction of sp³-hybridized carbons (Fsp3) is 0.900. The highest BCUT2D eigenvalue weighted by Gasteiger charge is 2.23. The lowest BCUT2D eigenvalue weighted by Gasteiger charge is -2.32. The average molecular weight is 213 g/mol. The Kier molecular flexibility index (Phi) is 3.80. The molecule has 0 saturated carbocycles. The average Bonchev–Trinajstić information content (AvgIpc) is 2.58. The van der Waals surface area contributed by atoms with Crippen LogP contribution in [-0.4, -0.2) is 55.3 Å². The Morgan fingerprint density at radius 3 is 2.67 bits per heavy atom. The first-order valence-electron chi connectivity index (χ1n) is 5.75. The maximum absolute atomic E-state index is 12.0. The molecular weight excluding hydrogens is 194 g/mol. The highest BCUT2D eigenvalue weighted by atomic mass is 16.5. The highest BCUT2D eigenvalue weighted by Crippen LogP contribution is 2.06. The summed E-state index contributed by atoms with van der Waals surface area (Å²) in [5.74, 6) is 0. The highest BCUT2D eigenvalue weighted by molar-refractivity contribution is 5.74. The third kappa shape index (κ3) is 2.82. The van der Waals surface area contributed by atoms with Crippen LogP contribution in [-0.2, 0) is 4.74 Å². The van der Waals surface area contributed by atoms with Crippen molar-refractivity contribution in [3.63, 3.8) is 0 Å². The van der Waals surface area contributed by atoms with Gasteiger partial charge in [0.25, 0.3) is 0 Å². The number of carbonyl (C=O) groups is 1. The maximum atomic E-state index is 12.0.